The molecule has 0 unspecified atom stereocenters. The van der Waals surface area contributed by atoms with Gasteiger partial charge in [0.25, 0.3) is 5.91 Å². The Morgan fingerprint density at radius 2 is 1.92 bits per heavy atom. The number of hydrogen-bond donors (Lipinski definition) is 0. The van der Waals surface area contributed by atoms with E-state index in [1.54, 1.807) is 37.4 Å². The van der Waals surface area contributed by atoms with Crippen LogP contribution in [-0.4, -0.2) is 33.1 Å². The third-order valence-corrected chi connectivity index (χ3v) is 4.91. The van der Waals surface area contributed by atoms with E-state index in [-0.39, 0.29) is 11.5 Å². The molecule has 0 aliphatic rings. The first-order valence-electron chi connectivity index (χ1n) is 7.52. The molecule has 0 saturated carbocycles. The van der Waals surface area contributed by atoms with Crippen LogP contribution < -0.4 is 15.3 Å². The number of thiophene rings is 1. The topological polar surface area (TPSA) is 86.1 Å². The van der Waals surface area contributed by atoms with Crippen molar-refractivity contribution in [2.24, 2.45) is 0 Å². The maximum absolute atomic E-state index is 12.7. The van der Waals surface area contributed by atoms with Crippen LogP contribution in [0.25, 0.3) is 10.3 Å². The largest absolute Gasteiger partial charge is 0.497 e. The summed E-state index contributed by atoms with van der Waals surface area (Å²) >= 11 is 1.22. The number of methoxy groups -OCH3 is 2. The van der Waals surface area contributed by atoms with Gasteiger partial charge >= 0.3 is 11.6 Å². The minimum atomic E-state index is -0.782. The summed E-state index contributed by atoms with van der Waals surface area (Å²) in [5.41, 5.74) is -0.209. The summed E-state index contributed by atoms with van der Waals surface area (Å²) < 4.78 is 15.4. The first-order valence-corrected chi connectivity index (χ1v) is 8.34. The lowest BCUT2D eigenvalue weighted by Gasteiger charge is -2.15. The standard InChI is InChI=1S/C18H15NO6S/c1-19(16(20)10-5-4-6-11(7-10)23-2)15-9-13-14(26-15)8-12(17(21)24-3)18(22)25-13/h4-9H,1-3H3. The molecule has 0 aliphatic heterocycles. The fourth-order valence-electron chi connectivity index (χ4n) is 2.37. The number of rotatable bonds is 4. The Hall–Kier alpha value is -3.13. The van der Waals surface area contributed by atoms with Gasteiger partial charge in [-0.05, 0) is 24.3 Å². The summed E-state index contributed by atoms with van der Waals surface area (Å²) in [6.07, 6.45) is 0. The smallest absolute Gasteiger partial charge is 0.351 e. The highest BCUT2D eigenvalue weighted by Gasteiger charge is 2.20. The molecule has 3 rings (SSSR count). The van der Waals surface area contributed by atoms with Crippen LogP contribution >= 0.6 is 11.3 Å². The van der Waals surface area contributed by atoms with Crippen LogP contribution in [0.4, 0.5) is 5.00 Å². The zero-order valence-electron chi connectivity index (χ0n) is 14.3. The van der Waals surface area contributed by atoms with E-state index in [9.17, 15) is 14.4 Å². The number of fused-ring (bicyclic) bond motifs is 1. The molecule has 0 N–H and O–H groups in total. The molecular formula is C18H15NO6S. The first-order chi connectivity index (χ1) is 12.4. The summed E-state index contributed by atoms with van der Waals surface area (Å²) in [7, 11) is 4.33. The summed E-state index contributed by atoms with van der Waals surface area (Å²) in [5, 5.41) is 0.568. The van der Waals surface area contributed by atoms with E-state index < -0.39 is 11.6 Å². The lowest BCUT2D eigenvalue weighted by Crippen LogP contribution is -2.25. The molecule has 8 heteroatoms. The van der Waals surface area contributed by atoms with Crippen LogP contribution in [-0.2, 0) is 4.74 Å². The highest BCUT2D eigenvalue weighted by Crippen LogP contribution is 2.32. The first kappa shape index (κ1) is 17.7. The van der Waals surface area contributed by atoms with E-state index in [2.05, 4.69) is 4.74 Å². The molecule has 26 heavy (non-hydrogen) atoms. The average Bonchev–Trinajstić information content (AvgIpc) is 3.08. The van der Waals surface area contributed by atoms with E-state index in [0.29, 0.717) is 26.6 Å². The van der Waals surface area contributed by atoms with E-state index >= 15 is 0 Å². The second kappa shape index (κ2) is 7.01. The number of benzene rings is 1. The van der Waals surface area contributed by atoms with Crippen molar-refractivity contribution in [1.29, 1.82) is 0 Å². The van der Waals surface area contributed by atoms with Crippen LogP contribution in [0.15, 0.2) is 45.6 Å². The Morgan fingerprint density at radius 3 is 2.62 bits per heavy atom. The van der Waals surface area contributed by atoms with Gasteiger partial charge in [0.05, 0.1) is 18.9 Å². The molecule has 2 heterocycles. The fourth-order valence-corrected chi connectivity index (χ4v) is 3.36. The Balaban J connectivity index is 1.97. The van der Waals surface area contributed by atoms with Crippen LogP contribution in [0.3, 0.4) is 0 Å². The van der Waals surface area contributed by atoms with Crippen LogP contribution in [0.1, 0.15) is 20.7 Å². The number of ether oxygens (including phenoxy) is 2. The number of amides is 1. The van der Waals surface area contributed by atoms with Crippen molar-refractivity contribution in [3.8, 4) is 5.75 Å². The molecule has 0 bridgehead atoms. The highest BCUT2D eigenvalue weighted by atomic mass is 32.1. The van der Waals surface area contributed by atoms with Gasteiger partial charge < -0.3 is 18.8 Å². The van der Waals surface area contributed by atoms with Gasteiger partial charge in [-0.25, -0.2) is 9.59 Å². The van der Waals surface area contributed by atoms with Crippen LogP contribution in [0.2, 0.25) is 0 Å². The average molecular weight is 373 g/mol. The molecular weight excluding hydrogens is 358 g/mol. The molecule has 0 aliphatic carbocycles. The molecule has 2 aromatic heterocycles. The Labute approximate surface area is 152 Å². The van der Waals surface area contributed by atoms with Crippen molar-refractivity contribution in [2.45, 2.75) is 0 Å². The van der Waals surface area contributed by atoms with E-state index in [1.807, 2.05) is 0 Å². The lowest BCUT2D eigenvalue weighted by molar-refractivity contribution is 0.0596. The SMILES string of the molecule is COC(=O)c1cc2sc(N(C)C(=O)c3cccc(OC)c3)cc2oc1=O. The predicted molar refractivity (Wildman–Crippen MR) is 97.4 cm³/mol. The van der Waals surface area contributed by atoms with Gasteiger partial charge in [-0.1, -0.05) is 6.07 Å². The van der Waals surface area contributed by atoms with Gasteiger partial charge in [0.1, 0.15) is 16.3 Å². The van der Waals surface area contributed by atoms with Crippen molar-refractivity contribution in [3.63, 3.8) is 0 Å². The minimum absolute atomic E-state index is 0.185. The number of esters is 1. The van der Waals surface area contributed by atoms with E-state index in [4.69, 9.17) is 9.15 Å². The molecule has 3 aromatic rings. The summed E-state index contributed by atoms with van der Waals surface area (Å²) in [6, 6.07) is 9.79. The van der Waals surface area contributed by atoms with Gasteiger partial charge in [0.15, 0.2) is 5.58 Å². The number of carbonyl (C=O) groups excluding carboxylic acids is 2. The van der Waals surface area contributed by atoms with Crippen molar-refractivity contribution in [1.82, 2.24) is 0 Å². The normalized spacial score (nSPS) is 10.6. The molecule has 0 radical (unpaired) electrons. The predicted octanol–water partition coefficient (Wildman–Crippen LogP) is 2.93. The molecule has 0 spiro atoms. The highest BCUT2D eigenvalue weighted by molar-refractivity contribution is 7.22. The van der Waals surface area contributed by atoms with Gasteiger partial charge in [0.2, 0.25) is 0 Å². The summed E-state index contributed by atoms with van der Waals surface area (Å²) in [6.45, 7) is 0. The molecule has 1 aromatic carbocycles. The number of carbonyl (C=O) groups is 2. The quantitative estimate of drug-likeness (QED) is 0.654. The van der Waals surface area contributed by atoms with Crippen molar-refractivity contribution in [3.05, 3.63) is 57.9 Å². The lowest BCUT2D eigenvalue weighted by atomic mass is 10.2. The Kier molecular flexibility index (Phi) is 4.77. The second-order valence-corrected chi connectivity index (χ2v) is 6.41. The maximum atomic E-state index is 12.7. The van der Waals surface area contributed by atoms with Crippen molar-refractivity contribution < 1.29 is 23.5 Å². The Morgan fingerprint density at radius 1 is 1.15 bits per heavy atom. The van der Waals surface area contributed by atoms with Crippen molar-refractivity contribution in [2.75, 3.05) is 26.2 Å². The van der Waals surface area contributed by atoms with Gasteiger partial charge in [-0.15, -0.1) is 11.3 Å². The van der Waals surface area contributed by atoms with Crippen molar-refractivity contribution >= 4 is 38.5 Å². The number of anilines is 1. The van der Waals surface area contributed by atoms with Gasteiger partial charge in [-0.3, -0.25) is 4.79 Å². The fraction of sp³-hybridized carbons (Fsp3) is 0.167. The number of hydrogen-bond acceptors (Lipinski definition) is 7. The van der Waals surface area contributed by atoms with Crippen LogP contribution in [0, 0.1) is 0 Å². The molecule has 7 nitrogen and oxygen atoms in total. The molecule has 1 amide bonds. The monoisotopic (exact) mass is 373 g/mol. The Bertz CT molecular complexity index is 1050. The summed E-state index contributed by atoms with van der Waals surface area (Å²) in [5.74, 6) is -0.434. The number of nitrogens with zero attached hydrogens (tertiary/aromatic N) is 1. The second-order valence-electron chi connectivity index (χ2n) is 5.35. The van der Waals surface area contributed by atoms with Crippen LogP contribution in [0.5, 0.6) is 5.75 Å². The molecule has 0 saturated heterocycles. The molecule has 134 valence electrons. The third kappa shape index (κ3) is 3.18. The minimum Gasteiger partial charge on any atom is -0.497 e. The third-order valence-electron chi connectivity index (χ3n) is 3.77. The van der Waals surface area contributed by atoms with Gasteiger partial charge in [0, 0.05) is 18.7 Å². The van der Waals surface area contributed by atoms with E-state index in [1.165, 1.54) is 36.5 Å². The maximum Gasteiger partial charge on any atom is 0.351 e. The summed E-state index contributed by atoms with van der Waals surface area (Å²) in [4.78, 5) is 37.6. The zero-order chi connectivity index (χ0) is 18.8. The van der Waals surface area contributed by atoms with Gasteiger partial charge in [-0.2, -0.15) is 0 Å². The zero-order valence-corrected chi connectivity index (χ0v) is 15.1. The molecule has 0 fully saturated rings. The molecule has 0 atom stereocenters. The van der Waals surface area contributed by atoms with E-state index in [0.717, 1.165) is 0 Å².